The van der Waals surface area contributed by atoms with E-state index in [1.807, 2.05) is 13.8 Å². The molecule has 0 aromatic rings. The maximum atomic E-state index is 12.0. The summed E-state index contributed by atoms with van der Waals surface area (Å²) in [5.74, 6) is 0.200. The number of nitrogens with one attached hydrogen (secondary N) is 1. The first kappa shape index (κ1) is 19.5. The minimum absolute atomic E-state index is 0. The van der Waals surface area contributed by atoms with E-state index in [0.29, 0.717) is 31.6 Å². The third kappa shape index (κ3) is 5.50. The first-order chi connectivity index (χ1) is 8.97. The SMILES string of the molecule is CC(C)C1CC(=O)N(CCNC(=O)CCC[S-])C1=O.[V]. The Bertz CT molecular complexity index is 364. The van der Waals surface area contributed by atoms with E-state index >= 15 is 0 Å². The average molecular weight is 336 g/mol. The van der Waals surface area contributed by atoms with Gasteiger partial charge in [0.05, 0.1) is 0 Å². The summed E-state index contributed by atoms with van der Waals surface area (Å²) in [6, 6.07) is 0. The van der Waals surface area contributed by atoms with E-state index in [4.69, 9.17) is 12.6 Å². The molecule has 113 valence electrons. The fraction of sp³-hybridized carbons (Fsp3) is 0.769. The Hall–Kier alpha value is -0.456. The normalized spacial score (nSPS) is 18.4. The zero-order valence-corrected chi connectivity index (χ0v) is 14.1. The predicted octanol–water partition coefficient (Wildman–Crippen LogP) is 0.458. The van der Waals surface area contributed by atoms with Crippen molar-refractivity contribution in [2.75, 3.05) is 18.8 Å². The number of rotatable bonds is 7. The van der Waals surface area contributed by atoms with Gasteiger partial charge in [0.2, 0.25) is 17.7 Å². The molecule has 1 rings (SSSR count). The molecule has 20 heavy (non-hydrogen) atoms. The average Bonchev–Trinajstić information content (AvgIpc) is 2.64. The second-order valence-corrected chi connectivity index (χ2v) is 5.50. The van der Waals surface area contributed by atoms with Gasteiger partial charge in [-0.15, -0.1) is 0 Å². The van der Waals surface area contributed by atoms with Crippen LogP contribution in [0.2, 0.25) is 0 Å². The molecule has 0 aromatic heterocycles. The summed E-state index contributed by atoms with van der Waals surface area (Å²) < 4.78 is 0. The number of hydrogen-bond donors (Lipinski definition) is 1. The zero-order chi connectivity index (χ0) is 14.4. The summed E-state index contributed by atoms with van der Waals surface area (Å²) in [5.41, 5.74) is 0. The Kier molecular flexibility index (Phi) is 9.26. The van der Waals surface area contributed by atoms with Crippen molar-refractivity contribution in [1.82, 2.24) is 10.2 Å². The molecule has 0 aromatic carbocycles. The zero-order valence-electron chi connectivity index (χ0n) is 11.9. The number of nitrogens with zero attached hydrogens (tertiary/aromatic N) is 1. The minimum Gasteiger partial charge on any atom is -0.793 e. The van der Waals surface area contributed by atoms with E-state index in [1.165, 1.54) is 4.90 Å². The fourth-order valence-electron chi connectivity index (χ4n) is 2.09. The molecule has 0 aliphatic carbocycles. The maximum absolute atomic E-state index is 12.0. The Balaban J connectivity index is 0.00000361. The van der Waals surface area contributed by atoms with Gasteiger partial charge >= 0.3 is 0 Å². The molecule has 1 saturated heterocycles. The number of hydrogen-bond acceptors (Lipinski definition) is 4. The van der Waals surface area contributed by atoms with Gasteiger partial charge in [0, 0.05) is 50.4 Å². The standard InChI is InChI=1S/C13H22N2O3S.V/c1-9(2)10-8-12(17)15(13(10)18)6-5-14-11(16)4-3-7-19;/h9-10,19H,3-8H2,1-2H3,(H,14,16);/p-1. The van der Waals surface area contributed by atoms with Crippen molar-refractivity contribution in [3.8, 4) is 0 Å². The van der Waals surface area contributed by atoms with Crippen molar-refractivity contribution >= 4 is 30.4 Å². The maximum Gasteiger partial charge on any atom is 0.233 e. The molecule has 0 bridgehead atoms. The molecule has 1 atom stereocenters. The van der Waals surface area contributed by atoms with Crippen LogP contribution in [0.3, 0.4) is 0 Å². The molecule has 5 nitrogen and oxygen atoms in total. The van der Waals surface area contributed by atoms with Gasteiger partial charge in [-0.2, -0.15) is 5.75 Å². The Labute approximate surface area is 137 Å². The van der Waals surface area contributed by atoms with Crippen LogP contribution in [0.25, 0.3) is 0 Å². The van der Waals surface area contributed by atoms with Crippen LogP contribution < -0.4 is 5.32 Å². The predicted molar refractivity (Wildman–Crippen MR) is 74.1 cm³/mol. The summed E-state index contributed by atoms with van der Waals surface area (Å²) in [4.78, 5) is 36.3. The van der Waals surface area contributed by atoms with Crippen LogP contribution in [0.15, 0.2) is 0 Å². The van der Waals surface area contributed by atoms with Gasteiger partial charge in [0.15, 0.2) is 0 Å². The molecule has 1 unspecified atom stereocenters. The first-order valence-corrected chi connectivity index (χ1v) is 7.24. The Morgan fingerprint density at radius 2 is 2.10 bits per heavy atom. The molecule has 0 saturated carbocycles. The number of amides is 3. The molecule has 1 heterocycles. The topological polar surface area (TPSA) is 66.5 Å². The molecule has 1 aliphatic heterocycles. The molecule has 1 N–H and O–H groups in total. The van der Waals surface area contributed by atoms with E-state index in [9.17, 15) is 14.4 Å². The largest absolute Gasteiger partial charge is 0.793 e. The van der Waals surface area contributed by atoms with Crippen LogP contribution in [0.4, 0.5) is 0 Å². The molecule has 1 aliphatic rings. The Morgan fingerprint density at radius 3 is 2.60 bits per heavy atom. The van der Waals surface area contributed by atoms with Crippen LogP contribution in [-0.4, -0.2) is 41.5 Å². The van der Waals surface area contributed by atoms with Crippen molar-refractivity contribution in [2.45, 2.75) is 33.1 Å². The summed E-state index contributed by atoms with van der Waals surface area (Å²) >= 11 is 4.76. The molecule has 0 spiro atoms. The van der Waals surface area contributed by atoms with Gasteiger partial charge in [-0.3, -0.25) is 19.3 Å². The fourth-order valence-corrected chi connectivity index (χ4v) is 2.24. The first-order valence-electron chi connectivity index (χ1n) is 6.66. The van der Waals surface area contributed by atoms with Crippen LogP contribution in [0.5, 0.6) is 0 Å². The monoisotopic (exact) mass is 336 g/mol. The molecule has 7 heteroatoms. The third-order valence-electron chi connectivity index (χ3n) is 3.29. The minimum atomic E-state index is -0.205. The van der Waals surface area contributed by atoms with Gasteiger partial charge in [0.25, 0.3) is 0 Å². The van der Waals surface area contributed by atoms with E-state index in [0.717, 1.165) is 0 Å². The van der Waals surface area contributed by atoms with E-state index < -0.39 is 0 Å². The second-order valence-electron chi connectivity index (χ2n) is 5.10. The number of imide groups is 1. The van der Waals surface area contributed by atoms with Crippen molar-refractivity contribution < 1.29 is 32.9 Å². The van der Waals surface area contributed by atoms with Gasteiger partial charge in [-0.25, -0.2) is 0 Å². The van der Waals surface area contributed by atoms with Crippen LogP contribution >= 0.6 is 0 Å². The second kappa shape index (κ2) is 9.48. The molecular weight excluding hydrogens is 315 g/mol. The van der Waals surface area contributed by atoms with Crippen LogP contribution in [0.1, 0.15) is 33.1 Å². The number of carbonyl (C=O) groups is 3. The number of carbonyl (C=O) groups excluding carboxylic acids is 3. The van der Waals surface area contributed by atoms with Crippen molar-refractivity contribution in [3.63, 3.8) is 0 Å². The number of likely N-dealkylation sites (tertiary alicyclic amines) is 1. The summed E-state index contributed by atoms with van der Waals surface area (Å²) in [7, 11) is 0. The molecule has 1 radical (unpaired) electrons. The van der Waals surface area contributed by atoms with Crippen LogP contribution in [0, 0.1) is 11.8 Å². The Morgan fingerprint density at radius 1 is 1.45 bits per heavy atom. The van der Waals surface area contributed by atoms with E-state index in [1.54, 1.807) is 0 Å². The van der Waals surface area contributed by atoms with Gasteiger partial charge in [-0.1, -0.05) is 20.3 Å². The molecular formula is C13H21N2O3SV-. The van der Waals surface area contributed by atoms with Gasteiger partial charge in [-0.05, 0) is 5.92 Å². The van der Waals surface area contributed by atoms with Gasteiger partial charge < -0.3 is 17.9 Å². The smallest absolute Gasteiger partial charge is 0.233 e. The van der Waals surface area contributed by atoms with E-state index in [-0.39, 0.29) is 54.7 Å². The summed E-state index contributed by atoms with van der Waals surface area (Å²) in [6.45, 7) is 4.46. The quantitative estimate of drug-likeness (QED) is 0.542. The van der Waals surface area contributed by atoms with Crippen molar-refractivity contribution in [2.24, 2.45) is 11.8 Å². The third-order valence-corrected chi connectivity index (χ3v) is 3.58. The summed E-state index contributed by atoms with van der Waals surface area (Å²) in [6.07, 6.45) is 1.37. The van der Waals surface area contributed by atoms with E-state index in [2.05, 4.69) is 5.32 Å². The summed E-state index contributed by atoms with van der Waals surface area (Å²) in [5, 5.41) is 2.70. The van der Waals surface area contributed by atoms with Crippen LogP contribution in [-0.2, 0) is 45.6 Å². The van der Waals surface area contributed by atoms with Gasteiger partial charge in [0.1, 0.15) is 0 Å². The van der Waals surface area contributed by atoms with Crippen molar-refractivity contribution in [1.29, 1.82) is 0 Å². The molecule has 1 fully saturated rings. The molecule has 3 amide bonds. The van der Waals surface area contributed by atoms with Crippen molar-refractivity contribution in [3.05, 3.63) is 0 Å².